The van der Waals surface area contributed by atoms with Gasteiger partial charge in [-0.3, -0.25) is 0 Å². The van der Waals surface area contributed by atoms with Crippen molar-refractivity contribution in [2.75, 3.05) is 7.05 Å². The summed E-state index contributed by atoms with van der Waals surface area (Å²) in [7, 11) is 3.58. The minimum absolute atomic E-state index is 0.522. The average molecular weight is 586 g/mol. The summed E-state index contributed by atoms with van der Waals surface area (Å²) in [6, 6.07) is 51.7. The quantitative estimate of drug-likeness (QED) is 0.198. The molecule has 0 amide bonds. The third kappa shape index (κ3) is 6.37. The molecule has 0 saturated carbocycles. The molecule has 6 aromatic carbocycles. The first-order valence-electron chi connectivity index (χ1n) is 15.5. The third-order valence-corrected chi connectivity index (χ3v) is 8.37. The summed E-state index contributed by atoms with van der Waals surface area (Å²) in [4.78, 5) is 0. The zero-order valence-electron chi connectivity index (χ0n) is 25.9. The van der Waals surface area contributed by atoms with Gasteiger partial charge in [0.1, 0.15) is 0 Å². The molecule has 0 aliphatic heterocycles. The van der Waals surface area contributed by atoms with Gasteiger partial charge < -0.3 is 16.0 Å². The van der Waals surface area contributed by atoms with Gasteiger partial charge >= 0.3 is 0 Å². The van der Waals surface area contributed by atoms with Crippen molar-refractivity contribution in [3.63, 3.8) is 0 Å². The van der Waals surface area contributed by atoms with Crippen LogP contribution in [0, 0.1) is 0 Å². The van der Waals surface area contributed by atoms with Gasteiger partial charge in [0.2, 0.25) is 0 Å². The van der Waals surface area contributed by atoms with E-state index in [0.29, 0.717) is 12.5 Å². The molecule has 0 spiro atoms. The number of benzene rings is 6. The van der Waals surface area contributed by atoms with Gasteiger partial charge in [0.25, 0.3) is 0 Å². The molecule has 222 valence electrons. The summed E-state index contributed by atoms with van der Waals surface area (Å²) in [6.07, 6.45) is 4.40. The molecule has 7 aromatic rings. The molecule has 1 heterocycles. The Morgan fingerprint density at radius 3 is 1.76 bits per heavy atom. The van der Waals surface area contributed by atoms with E-state index in [1.54, 1.807) is 0 Å². The first kappa shape index (κ1) is 29.8. The van der Waals surface area contributed by atoms with E-state index >= 15 is 0 Å². The van der Waals surface area contributed by atoms with E-state index in [1.165, 1.54) is 67.7 Å². The van der Waals surface area contributed by atoms with E-state index in [9.17, 15) is 0 Å². The highest BCUT2D eigenvalue weighted by molar-refractivity contribution is 6.12. The van der Waals surface area contributed by atoms with Crippen LogP contribution in [0.1, 0.15) is 22.6 Å². The molecule has 45 heavy (non-hydrogen) atoms. The Kier molecular flexibility index (Phi) is 9.02. The molecule has 1 aliphatic carbocycles. The number of fused-ring (bicyclic) bond motifs is 2. The summed E-state index contributed by atoms with van der Waals surface area (Å²) in [5.41, 5.74) is 20.8. The Bertz CT molecular complexity index is 2020. The highest BCUT2D eigenvalue weighted by atomic mass is 14.9. The van der Waals surface area contributed by atoms with Crippen LogP contribution in [0.5, 0.6) is 0 Å². The fraction of sp³-hybridized carbons (Fsp3) is 0.0952. The molecule has 1 unspecified atom stereocenters. The Hall–Kier alpha value is -5.22. The normalized spacial score (nSPS) is 13.3. The fourth-order valence-corrected chi connectivity index (χ4v) is 6.16. The standard InChI is InChI=1S/C26H22N2.C15H12.CH5N/c1-28-12-6-11-25(28)21-13-18(17-27)14-22(16-21)26-23-9-4-2-7-19(23)15-20-8-3-5-10-24(20)26;1-3-7-12(8-4-1)14-11-15(14)13-9-5-2-6-10-13;1-2/h2-16H,17,27H2,1H3;1-11,14H;2H2,1H3. The molecular formula is C42H39N3. The number of aryl methyl sites for hydroxylation is 1. The van der Waals surface area contributed by atoms with Crippen molar-refractivity contribution in [3.8, 4) is 22.4 Å². The lowest BCUT2D eigenvalue weighted by molar-refractivity contribution is 0.936. The molecule has 0 radical (unpaired) electrons. The summed E-state index contributed by atoms with van der Waals surface area (Å²) < 4.78 is 2.15. The van der Waals surface area contributed by atoms with Crippen molar-refractivity contribution < 1.29 is 0 Å². The van der Waals surface area contributed by atoms with Crippen molar-refractivity contribution in [2.24, 2.45) is 18.5 Å². The van der Waals surface area contributed by atoms with Crippen LogP contribution in [-0.2, 0) is 13.6 Å². The number of allylic oxidation sites excluding steroid dienone is 2. The summed E-state index contributed by atoms with van der Waals surface area (Å²) in [6.45, 7) is 0.522. The van der Waals surface area contributed by atoms with Crippen LogP contribution in [0.25, 0.3) is 49.5 Å². The molecule has 0 saturated heterocycles. The van der Waals surface area contributed by atoms with Gasteiger partial charge in [-0.25, -0.2) is 0 Å². The van der Waals surface area contributed by atoms with Crippen LogP contribution >= 0.6 is 0 Å². The molecule has 1 aliphatic rings. The number of aromatic nitrogens is 1. The molecular weight excluding hydrogens is 546 g/mol. The van der Waals surface area contributed by atoms with Crippen LogP contribution in [0.3, 0.4) is 0 Å². The number of rotatable bonds is 5. The van der Waals surface area contributed by atoms with Gasteiger partial charge in [-0.1, -0.05) is 115 Å². The van der Waals surface area contributed by atoms with Crippen LogP contribution in [0.15, 0.2) is 158 Å². The second-order valence-electron chi connectivity index (χ2n) is 11.2. The molecule has 3 heteroatoms. The molecule has 0 bridgehead atoms. The largest absolute Gasteiger partial charge is 0.351 e. The number of nitrogens with two attached hydrogens (primary N) is 2. The smallest absolute Gasteiger partial charge is 0.0477 e. The summed E-state index contributed by atoms with van der Waals surface area (Å²) in [5.74, 6) is 0.550. The van der Waals surface area contributed by atoms with E-state index in [1.807, 2.05) is 0 Å². The van der Waals surface area contributed by atoms with Crippen molar-refractivity contribution in [1.29, 1.82) is 0 Å². The average Bonchev–Trinajstić information content (AvgIpc) is 3.81. The number of hydrogen-bond donors (Lipinski definition) is 2. The van der Waals surface area contributed by atoms with Crippen molar-refractivity contribution in [3.05, 3.63) is 175 Å². The van der Waals surface area contributed by atoms with E-state index in [4.69, 9.17) is 5.73 Å². The monoisotopic (exact) mass is 585 g/mol. The first-order chi connectivity index (χ1) is 22.2. The summed E-state index contributed by atoms with van der Waals surface area (Å²) in [5, 5.41) is 5.06. The Balaban J connectivity index is 0.000000177. The van der Waals surface area contributed by atoms with Gasteiger partial charge in [0.15, 0.2) is 0 Å². The van der Waals surface area contributed by atoms with Gasteiger partial charge in [0.05, 0.1) is 0 Å². The van der Waals surface area contributed by atoms with Crippen LogP contribution in [0.2, 0.25) is 0 Å². The highest BCUT2D eigenvalue weighted by Crippen LogP contribution is 2.46. The maximum Gasteiger partial charge on any atom is 0.0477 e. The van der Waals surface area contributed by atoms with E-state index < -0.39 is 0 Å². The van der Waals surface area contributed by atoms with Gasteiger partial charge in [-0.15, -0.1) is 0 Å². The number of hydrogen-bond acceptors (Lipinski definition) is 2. The molecule has 8 rings (SSSR count). The zero-order chi connectivity index (χ0) is 31.2. The lowest BCUT2D eigenvalue weighted by Gasteiger charge is -2.15. The number of nitrogens with zero attached hydrogens (tertiary/aromatic N) is 1. The fourth-order valence-electron chi connectivity index (χ4n) is 6.16. The van der Waals surface area contributed by atoms with Crippen LogP contribution < -0.4 is 11.5 Å². The van der Waals surface area contributed by atoms with E-state index in [0.717, 1.165) is 5.56 Å². The van der Waals surface area contributed by atoms with Gasteiger partial charge in [-0.05, 0) is 104 Å². The SMILES string of the molecule is C1=C(c2ccccc2)C1c1ccccc1.CN.Cn1cccc1-c1cc(CN)cc(-c2c3ccccc3cc3ccccc23)c1. The Morgan fingerprint density at radius 2 is 1.16 bits per heavy atom. The zero-order valence-corrected chi connectivity index (χ0v) is 25.9. The lowest BCUT2D eigenvalue weighted by Crippen LogP contribution is -1.99. The highest BCUT2D eigenvalue weighted by Gasteiger charge is 2.26. The molecule has 1 atom stereocenters. The summed E-state index contributed by atoms with van der Waals surface area (Å²) >= 11 is 0. The Morgan fingerprint density at radius 1 is 0.578 bits per heavy atom. The molecule has 0 fully saturated rings. The second kappa shape index (κ2) is 13.6. The van der Waals surface area contributed by atoms with Gasteiger partial charge in [-0.2, -0.15) is 0 Å². The molecule has 4 N–H and O–H groups in total. The third-order valence-electron chi connectivity index (χ3n) is 8.37. The lowest BCUT2D eigenvalue weighted by atomic mass is 9.90. The maximum absolute atomic E-state index is 6.08. The molecule has 1 aromatic heterocycles. The van der Waals surface area contributed by atoms with Crippen molar-refractivity contribution in [1.82, 2.24) is 4.57 Å². The van der Waals surface area contributed by atoms with Gasteiger partial charge in [0, 0.05) is 31.4 Å². The van der Waals surface area contributed by atoms with Crippen LogP contribution in [0.4, 0.5) is 0 Å². The second-order valence-corrected chi connectivity index (χ2v) is 11.2. The van der Waals surface area contributed by atoms with Crippen molar-refractivity contribution >= 4 is 27.1 Å². The minimum Gasteiger partial charge on any atom is -0.351 e. The maximum atomic E-state index is 6.08. The van der Waals surface area contributed by atoms with Crippen LogP contribution in [-0.4, -0.2) is 11.6 Å². The predicted molar refractivity (Wildman–Crippen MR) is 193 cm³/mol. The Labute approximate surface area is 266 Å². The van der Waals surface area contributed by atoms with Crippen molar-refractivity contribution in [2.45, 2.75) is 12.5 Å². The van der Waals surface area contributed by atoms with E-state index in [-0.39, 0.29) is 0 Å². The minimum atomic E-state index is 0.522. The van der Waals surface area contributed by atoms with E-state index in [2.05, 4.69) is 175 Å². The first-order valence-corrected chi connectivity index (χ1v) is 15.5. The molecule has 3 nitrogen and oxygen atoms in total. The topological polar surface area (TPSA) is 57.0 Å². The predicted octanol–water partition coefficient (Wildman–Crippen LogP) is 9.57.